The molecule has 0 N–H and O–H groups in total. The van der Waals surface area contributed by atoms with Crippen LogP contribution in [0.25, 0.3) is 0 Å². The van der Waals surface area contributed by atoms with Crippen LogP contribution in [0, 0.1) is 17.8 Å². The van der Waals surface area contributed by atoms with Crippen molar-refractivity contribution < 1.29 is 14.3 Å². The van der Waals surface area contributed by atoms with Crippen LogP contribution in [0.2, 0.25) is 0 Å². The molecule has 2 unspecified atom stereocenters. The van der Waals surface area contributed by atoms with Crippen LogP contribution in [-0.4, -0.2) is 51.3 Å². The molecular formula is C13H23NO3. The zero-order valence-corrected chi connectivity index (χ0v) is 10.9. The zero-order valence-electron chi connectivity index (χ0n) is 10.9. The van der Waals surface area contributed by atoms with E-state index in [2.05, 4.69) is 11.9 Å². The lowest BCUT2D eigenvalue weighted by Crippen LogP contribution is -2.46. The third kappa shape index (κ3) is 2.99. The van der Waals surface area contributed by atoms with Gasteiger partial charge in [0.2, 0.25) is 0 Å². The summed E-state index contributed by atoms with van der Waals surface area (Å²) >= 11 is 0. The van der Waals surface area contributed by atoms with Gasteiger partial charge in [-0.2, -0.15) is 0 Å². The van der Waals surface area contributed by atoms with Gasteiger partial charge >= 0.3 is 5.97 Å². The molecule has 2 heterocycles. The fraction of sp³-hybridized carbons (Fsp3) is 0.923. The maximum Gasteiger partial charge on any atom is 0.309 e. The Kier molecular flexibility index (Phi) is 4.40. The molecule has 0 aliphatic carbocycles. The fourth-order valence-electron chi connectivity index (χ4n) is 3.22. The maximum atomic E-state index is 11.9. The summed E-state index contributed by atoms with van der Waals surface area (Å²) in [5.74, 6) is 1.15. The van der Waals surface area contributed by atoms with Gasteiger partial charge in [-0.25, -0.2) is 0 Å². The average Bonchev–Trinajstić information content (AvgIpc) is 2.39. The highest BCUT2D eigenvalue weighted by atomic mass is 16.5. The van der Waals surface area contributed by atoms with Crippen molar-refractivity contribution in [2.45, 2.75) is 19.3 Å². The van der Waals surface area contributed by atoms with Crippen molar-refractivity contribution in [3.8, 4) is 0 Å². The van der Waals surface area contributed by atoms with Gasteiger partial charge in [0.05, 0.1) is 13.0 Å². The minimum Gasteiger partial charge on any atom is -0.469 e. The molecule has 2 rings (SSSR count). The molecule has 0 bridgehead atoms. The van der Waals surface area contributed by atoms with E-state index in [0.717, 1.165) is 45.6 Å². The Hall–Kier alpha value is -0.610. The molecule has 2 fully saturated rings. The van der Waals surface area contributed by atoms with Gasteiger partial charge in [-0.3, -0.25) is 4.79 Å². The first-order valence-electron chi connectivity index (χ1n) is 6.56. The summed E-state index contributed by atoms with van der Waals surface area (Å²) in [7, 11) is 3.64. The summed E-state index contributed by atoms with van der Waals surface area (Å²) in [6.45, 7) is 3.71. The van der Waals surface area contributed by atoms with E-state index in [4.69, 9.17) is 9.47 Å². The van der Waals surface area contributed by atoms with Crippen molar-refractivity contribution in [1.82, 2.24) is 4.90 Å². The number of nitrogens with zero attached hydrogens (tertiary/aromatic N) is 1. The molecule has 0 radical (unpaired) electrons. The predicted octanol–water partition coefficient (Wildman–Crippen LogP) is 1.15. The molecule has 2 aliphatic heterocycles. The lowest BCUT2D eigenvalue weighted by atomic mass is 9.74. The van der Waals surface area contributed by atoms with Crippen LogP contribution in [-0.2, 0) is 14.3 Å². The minimum absolute atomic E-state index is 0.0189. The number of methoxy groups -OCH3 is 1. The van der Waals surface area contributed by atoms with Crippen molar-refractivity contribution in [2.24, 2.45) is 17.8 Å². The molecule has 2 atom stereocenters. The second kappa shape index (κ2) is 5.83. The van der Waals surface area contributed by atoms with E-state index in [1.54, 1.807) is 0 Å². The van der Waals surface area contributed by atoms with E-state index >= 15 is 0 Å². The first kappa shape index (κ1) is 12.8. The summed E-state index contributed by atoms with van der Waals surface area (Å²) in [5, 5.41) is 0. The molecule has 4 nitrogen and oxygen atoms in total. The summed E-state index contributed by atoms with van der Waals surface area (Å²) in [6, 6.07) is 0. The van der Waals surface area contributed by atoms with Gasteiger partial charge in [-0.05, 0) is 44.7 Å². The van der Waals surface area contributed by atoms with E-state index in [9.17, 15) is 4.79 Å². The Balaban J connectivity index is 2.04. The Morgan fingerprint density at radius 3 is 2.65 bits per heavy atom. The van der Waals surface area contributed by atoms with Crippen molar-refractivity contribution in [1.29, 1.82) is 0 Å². The zero-order chi connectivity index (χ0) is 12.3. The molecule has 0 spiro atoms. The molecule has 98 valence electrons. The number of esters is 1. The minimum atomic E-state index is -0.0189. The van der Waals surface area contributed by atoms with Crippen LogP contribution in [0.5, 0.6) is 0 Å². The average molecular weight is 241 g/mol. The van der Waals surface area contributed by atoms with Crippen LogP contribution in [0.3, 0.4) is 0 Å². The molecular weight excluding hydrogens is 218 g/mol. The standard InChI is InChI=1S/C13H23NO3/c1-14-6-3-11(13(15)16-2)12(9-14)10-4-7-17-8-5-10/h10-12H,3-9H2,1-2H3. The van der Waals surface area contributed by atoms with Crippen molar-refractivity contribution in [3.05, 3.63) is 0 Å². The highest BCUT2D eigenvalue weighted by Crippen LogP contribution is 2.35. The number of likely N-dealkylation sites (tertiary alicyclic amines) is 1. The molecule has 2 aliphatic rings. The van der Waals surface area contributed by atoms with Gasteiger partial charge < -0.3 is 14.4 Å². The van der Waals surface area contributed by atoms with E-state index in [-0.39, 0.29) is 11.9 Å². The molecule has 0 aromatic carbocycles. The number of ether oxygens (including phenoxy) is 2. The molecule has 0 saturated carbocycles. The molecule has 0 aromatic rings. The number of carbonyl (C=O) groups excluding carboxylic acids is 1. The normalized spacial score (nSPS) is 32.4. The highest BCUT2D eigenvalue weighted by Gasteiger charge is 2.38. The van der Waals surface area contributed by atoms with Gasteiger partial charge in [0.1, 0.15) is 0 Å². The van der Waals surface area contributed by atoms with Crippen LogP contribution in [0.15, 0.2) is 0 Å². The number of hydrogen-bond acceptors (Lipinski definition) is 4. The van der Waals surface area contributed by atoms with Crippen LogP contribution in [0.4, 0.5) is 0 Å². The second-order valence-corrected chi connectivity index (χ2v) is 5.29. The van der Waals surface area contributed by atoms with E-state index in [0.29, 0.717) is 11.8 Å². The predicted molar refractivity (Wildman–Crippen MR) is 64.7 cm³/mol. The largest absolute Gasteiger partial charge is 0.469 e. The van der Waals surface area contributed by atoms with Crippen LogP contribution in [0.1, 0.15) is 19.3 Å². The van der Waals surface area contributed by atoms with E-state index in [1.807, 2.05) is 0 Å². The van der Waals surface area contributed by atoms with Crippen molar-refractivity contribution in [2.75, 3.05) is 40.5 Å². The van der Waals surface area contributed by atoms with Gasteiger partial charge in [0.25, 0.3) is 0 Å². The molecule has 0 amide bonds. The summed E-state index contributed by atoms with van der Waals surface area (Å²) in [6.07, 6.45) is 3.11. The third-order valence-corrected chi connectivity index (χ3v) is 4.24. The second-order valence-electron chi connectivity index (χ2n) is 5.29. The SMILES string of the molecule is COC(=O)C1CCN(C)CC1C1CCOCC1. The van der Waals surface area contributed by atoms with Crippen LogP contribution >= 0.6 is 0 Å². The van der Waals surface area contributed by atoms with Crippen molar-refractivity contribution in [3.63, 3.8) is 0 Å². The lowest BCUT2D eigenvalue weighted by molar-refractivity contribution is -0.151. The monoisotopic (exact) mass is 241 g/mol. The Morgan fingerprint density at radius 1 is 1.29 bits per heavy atom. The molecule has 0 aromatic heterocycles. The summed E-state index contributed by atoms with van der Waals surface area (Å²) in [5.41, 5.74) is 0. The maximum absolute atomic E-state index is 11.9. The summed E-state index contributed by atoms with van der Waals surface area (Å²) < 4.78 is 10.4. The van der Waals surface area contributed by atoms with Gasteiger partial charge in [0, 0.05) is 19.8 Å². The Labute approximate surface area is 103 Å². The third-order valence-electron chi connectivity index (χ3n) is 4.24. The smallest absolute Gasteiger partial charge is 0.309 e. The number of carbonyl (C=O) groups is 1. The molecule has 17 heavy (non-hydrogen) atoms. The lowest BCUT2D eigenvalue weighted by Gasteiger charge is -2.41. The first-order chi connectivity index (χ1) is 8.22. The van der Waals surface area contributed by atoms with E-state index < -0.39 is 0 Å². The van der Waals surface area contributed by atoms with Gasteiger partial charge in [0.15, 0.2) is 0 Å². The summed E-state index contributed by atoms with van der Waals surface area (Å²) in [4.78, 5) is 14.2. The quantitative estimate of drug-likeness (QED) is 0.680. The first-order valence-corrected chi connectivity index (χ1v) is 6.56. The Morgan fingerprint density at radius 2 is 2.00 bits per heavy atom. The van der Waals surface area contributed by atoms with E-state index in [1.165, 1.54) is 7.11 Å². The topological polar surface area (TPSA) is 38.8 Å². The van der Waals surface area contributed by atoms with Crippen molar-refractivity contribution >= 4 is 5.97 Å². The number of piperidine rings is 1. The number of rotatable bonds is 2. The van der Waals surface area contributed by atoms with Crippen LogP contribution < -0.4 is 0 Å². The van der Waals surface area contributed by atoms with Gasteiger partial charge in [-0.15, -0.1) is 0 Å². The molecule has 2 saturated heterocycles. The number of hydrogen-bond donors (Lipinski definition) is 0. The molecule has 4 heteroatoms. The highest BCUT2D eigenvalue weighted by molar-refractivity contribution is 5.72. The Bertz CT molecular complexity index is 263. The fourth-order valence-corrected chi connectivity index (χ4v) is 3.22. The van der Waals surface area contributed by atoms with Gasteiger partial charge in [-0.1, -0.05) is 0 Å².